The number of halogens is 2. The molecular formula is C20H27Cl2N5O2. The zero-order valence-corrected chi connectivity index (χ0v) is 18.0. The number of methoxy groups -OCH3 is 1. The smallest absolute Gasteiger partial charge is 0.273 e. The van der Waals surface area contributed by atoms with E-state index in [1.54, 1.807) is 19.4 Å². The second-order valence-electron chi connectivity index (χ2n) is 6.90. The van der Waals surface area contributed by atoms with Gasteiger partial charge in [-0.25, -0.2) is 9.97 Å². The second kappa shape index (κ2) is 10.6. The Morgan fingerprint density at radius 2 is 1.90 bits per heavy atom. The molecule has 1 aromatic carbocycles. The van der Waals surface area contributed by atoms with Gasteiger partial charge in [-0.3, -0.25) is 4.79 Å². The number of nitrogens with zero attached hydrogens (tertiary/aromatic N) is 4. The second-order valence-corrected chi connectivity index (χ2v) is 6.90. The predicted octanol–water partition coefficient (Wildman–Crippen LogP) is 2.72. The topological polar surface area (TPSA) is 70.6 Å². The minimum Gasteiger partial charge on any atom is -0.496 e. The van der Waals surface area contributed by atoms with Gasteiger partial charge < -0.3 is 19.9 Å². The molecule has 1 N–H and O–H groups in total. The molecule has 1 atom stereocenters. The fourth-order valence-electron chi connectivity index (χ4n) is 3.85. The highest BCUT2D eigenvalue weighted by Gasteiger charge is 2.31. The van der Waals surface area contributed by atoms with Gasteiger partial charge in [0.25, 0.3) is 5.91 Å². The summed E-state index contributed by atoms with van der Waals surface area (Å²) in [5.41, 5.74) is 1.46. The van der Waals surface area contributed by atoms with Crippen LogP contribution in [-0.4, -0.2) is 60.6 Å². The molecule has 29 heavy (non-hydrogen) atoms. The van der Waals surface area contributed by atoms with E-state index < -0.39 is 0 Å². The number of hydrogen-bond acceptors (Lipinski definition) is 6. The molecule has 1 unspecified atom stereocenters. The zero-order chi connectivity index (χ0) is 18.6. The maximum atomic E-state index is 13.3. The summed E-state index contributed by atoms with van der Waals surface area (Å²) >= 11 is 0. The van der Waals surface area contributed by atoms with Crippen molar-refractivity contribution < 1.29 is 9.53 Å². The fourth-order valence-corrected chi connectivity index (χ4v) is 3.85. The molecule has 4 rings (SSSR count). The lowest BCUT2D eigenvalue weighted by atomic mass is 10.0. The number of amides is 1. The summed E-state index contributed by atoms with van der Waals surface area (Å²) in [6.07, 6.45) is 3.98. The lowest BCUT2D eigenvalue weighted by molar-refractivity contribution is 0.0625. The molecule has 2 aromatic rings. The van der Waals surface area contributed by atoms with Gasteiger partial charge in [-0.15, -0.1) is 24.8 Å². The maximum Gasteiger partial charge on any atom is 0.273 e. The van der Waals surface area contributed by atoms with Gasteiger partial charge in [0.05, 0.1) is 13.2 Å². The Bertz CT molecular complexity index is 817. The van der Waals surface area contributed by atoms with Crippen LogP contribution in [0.2, 0.25) is 0 Å². The van der Waals surface area contributed by atoms with Gasteiger partial charge in [0.2, 0.25) is 5.95 Å². The van der Waals surface area contributed by atoms with Crippen LogP contribution in [0, 0.1) is 0 Å². The molecule has 1 amide bonds. The van der Waals surface area contributed by atoms with Crippen molar-refractivity contribution in [3.05, 3.63) is 47.8 Å². The molecule has 0 spiro atoms. The number of aromatic nitrogens is 2. The van der Waals surface area contributed by atoms with Crippen LogP contribution in [-0.2, 0) is 0 Å². The van der Waals surface area contributed by atoms with E-state index in [1.807, 2.05) is 29.2 Å². The van der Waals surface area contributed by atoms with Crippen molar-refractivity contribution in [3.63, 3.8) is 0 Å². The number of benzene rings is 1. The van der Waals surface area contributed by atoms with Crippen LogP contribution in [0.3, 0.4) is 0 Å². The molecule has 9 heteroatoms. The van der Waals surface area contributed by atoms with E-state index in [9.17, 15) is 4.79 Å². The van der Waals surface area contributed by atoms with Crippen molar-refractivity contribution in [2.24, 2.45) is 0 Å². The third-order valence-electron chi connectivity index (χ3n) is 5.25. The monoisotopic (exact) mass is 439 g/mol. The molecule has 158 valence electrons. The molecule has 3 heterocycles. The Kier molecular flexibility index (Phi) is 8.49. The van der Waals surface area contributed by atoms with E-state index in [0.29, 0.717) is 24.7 Å². The van der Waals surface area contributed by atoms with Crippen molar-refractivity contribution in [1.29, 1.82) is 0 Å². The zero-order valence-electron chi connectivity index (χ0n) is 16.4. The van der Waals surface area contributed by atoms with Crippen LogP contribution in [0.25, 0.3) is 0 Å². The molecule has 0 saturated carbocycles. The van der Waals surface area contributed by atoms with Crippen molar-refractivity contribution in [3.8, 4) is 5.75 Å². The van der Waals surface area contributed by atoms with E-state index in [-0.39, 0.29) is 36.8 Å². The molecule has 2 aliphatic rings. The maximum absolute atomic E-state index is 13.3. The average Bonchev–Trinajstić information content (AvgIpc) is 3.28. The van der Waals surface area contributed by atoms with Crippen LogP contribution in [0.1, 0.15) is 34.9 Å². The average molecular weight is 440 g/mol. The first-order chi connectivity index (χ1) is 13.3. The summed E-state index contributed by atoms with van der Waals surface area (Å²) in [6, 6.07) is 9.49. The summed E-state index contributed by atoms with van der Waals surface area (Å²) in [4.78, 5) is 26.3. The number of carbonyl (C=O) groups excluding carboxylic acids is 1. The van der Waals surface area contributed by atoms with Crippen molar-refractivity contribution in [2.45, 2.75) is 18.9 Å². The van der Waals surface area contributed by atoms with E-state index in [0.717, 1.165) is 43.8 Å². The lowest BCUT2D eigenvalue weighted by Gasteiger charge is -2.37. The van der Waals surface area contributed by atoms with E-state index in [1.165, 1.54) is 0 Å². The van der Waals surface area contributed by atoms with Gasteiger partial charge in [-0.1, -0.05) is 18.2 Å². The number of rotatable bonds is 4. The molecule has 2 fully saturated rings. The fraction of sp³-hybridized carbons (Fsp3) is 0.450. The van der Waals surface area contributed by atoms with Crippen molar-refractivity contribution >= 4 is 36.7 Å². The summed E-state index contributed by atoms with van der Waals surface area (Å²) in [6.45, 7) is 3.99. The third kappa shape index (κ3) is 4.91. The summed E-state index contributed by atoms with van der Waals surface area (Å²) in [7, 11) is 1.66. The number of hydrogen-bond donors (Lipinski definition) is 1. The number of piperazine rings is 1. The van der Waals surface area contributed by atoms with Gasteiger partial charge in [-0.2, -0.15) is 0 Å². The molecule has 0 aliphatic carbocycles. The summed E-state index contributed by atoms with van der Waals surface area (Å²) in [5, 5.41) is 3.39. The number of nitrogens with one attached hydrogen (secondary N) is 1. The first-order valence-electron chi connectivity index (χ1n) is 9.50. The van der Waals surface area contributed by atoms with Gasteiger partial charge in [0.1, 0.15) is 11.4 Å². The van der Waals surface area contributed by atoms with E-state index >= 15 is 0 Å². The van der Waals surface area contributed by atoms with Gasteiger partial charge in [0, 0.05) is 44.5 Å². The van der Waals surface area contributed by atoms with Crippen LogP contribution < -0.4 is 15.0 Å². The number of ether oxygens (including phenoxy) is 1. The van der Waals surface area contributed by atoms with Crippen LogP contribution >= 0.6 is 24.8 Å². The molecule has 0 bridgehead atoms. The molecule has 0 radical (unpaired) electrons. The highest BCUT2D eigenvalue weighted by atomic mass is 35.5. The quantitative estimate of drug-likeness (QED) is 0.789. The molecule has 2 saturated heterocycles. The number of carbonyl (C=O) groups is 1. The van der Waals surface area contributed by atoms with Gasteiger partial charge >= 0.3 is 0 Å². The Balaban J connectivity index is 0.00000150. The summed E-state index contributed by atoms with van der Waals surface area (Å²) in [5.74, 6) is 1.39. The van der Waals surface area contributed by atoms with Crippen molar-refractivity contribution in [1.82, 2.24) is 20.2 Å². The minimum atomic E-state index is -0.0902. The van der Waals surface area contributed by atoms with Gasteiger partial charge in [-0.05, 0) is 25.0 Å². The lowest BCUT2D eigenvalue weighted by Crippen LogP contribution is -2.49. The van der Waals surface area contributed by atoms with Crippen molar-refractivity contribution in [2.75, 3.05) is 44.7 Å². The Morgan fingerprint density at radius 3 is 2.66 bits per heavy atom. The Labute approximate surface area is 183 Å². The standard InChI is InChI=1S/C20H25N5O2.2ClH/c1-27-18-7-3-2-6-15(18)17-14-21-10-13-25(17)19(26)16-8-9-22-20(23-16)24-11-4-5-12-24;;/h2-3,6-9,17,21H,4-5,10-14H2,1H3;2*1H. The molecule has 1 aromatic heterocycles. The molecular weight excluding hydrogens is 413 g/mol. The highest BCUT2D eigenvalue weighted by molar-refractivity contribution is 5.93. The Hall–Kier alpha value is -2.09. The first-order valence-corrected chi connectivity index (χ1v) is 9.50. The van der Waals surface area contributed by atoms with E-state index in [2.05, 4.69) is 20.2 Å². The SMILES string of the molecule is COc1ccccc1C1CNCCN1C(=O)c1ccnc(N2CCCC2)n1.Cl.Cl. The molecule has 7 nitrogen and oxygen atoms in total. The normalized spacial score (nSPS) is 18.6. The Morgan fingerprint density at radius 1 is 1.14 bits per heavy atom. The summed E-state index contributed by atoms with van der Waals surface area (Å²) < 4.78 is 5.52. The highest BCUT2D eigenvalue weighted by Crippen LogP contribution is 2.31. The van der Waals surface area contributed by atoms with Crippen LogP contribution in [0.15, 0.2) is 36.5 Å². The van der Waals surface area contributed by atoms with Gasteiger partial charge in [0.15, 0.2) is 0 Å². The number of anilines is 1. The molecule has 2 aliphatic heterocycles. The first kappa shape index (κ1) is 23.2. The number of para-hydroxylation sites is 1. The van der Waals surface area contributed by atoms with Crippen LogP contribution in [0.5, 0.6) is 5.75 Å². The van der Waals surface area contributed by atoms with Crippen LogP contribution in [0.4, 0.5) is 5.95 Å². The third-order valence-corrected chi connectivity index (χ3v) is 5.25. The predicted molar refractivity (Wildman–Crippen MR) is 118 cm³/mol. The van der Waals surface area contributed by atoms with E-state index in [4.69, 9.17) is 4.74 Å². The minimum absolute atomic E-state index is 0. The largest absolute Gasteiger partial charge is 0.496 e.